The van der Waals surface area contributed by atoms with E-state index >= 15 is 0 Å². The number of hydrogen-bond donors (Lipinski definition) is 2. The number of nitrogens with zero attached hydrogens (tertiary/aromatic N) is 2. The number of carboxylic acid groups (broad SMARTS) is 1. The summed E-state index contributed by atoms with van der Waals surface area (Å²) in [6.07, 6.45) is -4.01. The molecule has 0 unspecified atom stereocenters. The molecule has 5 nitrogen and oxygen atoms in total. The molecule has 0 atom stereocenters. The van der Waals surface area contributed by atoms with Crippen molar-refractivity contribution in [3.05, 3.63) is 41.2 Å². The van der Waals surface area contributed by atoms with E-state index < -0.39 is 18.0 Å². The maximum absolute atomic E-state index is 12.3. The van der Waals surface area contributed by atoms with Crippen molar-refractivity contribution in [3.8, 4) is 0 Å². The first-order chi connectivity index (χ1) is 9.86. The van der Waals surface area contributed by atoms with Gasteiger partial charge in [-0.15, -0.1) is 0 Å². The highest BCUT2D eigenvalue weighted by Crippen LogP contribution is 2.28. The highest BCUT2D eigenvalue weighted by Gasteiger charge is 2.36. The SMILES string of the molecule is O=C(O)c1ccc(CCNc2nc(C(F)(F)F)ns2)cc1. The maximum atomic E-state index is 12.3. The molecule has 112 valence electrons. The topological polar surface area (TPSA) is 75.1 Å². The Kier molecular flexibility index (Phi) is 4.41. The molecule has 0 aliphatic carbocycles. The van der Waals surface area contributed by atoms with E-state index in [2.05, 4.69) is 14.7 Å². The van der Waals surface area contributed by atoms with Crippen molar-refractivity contribution in [1.29, 1.82) is 0 Å². The lowest BCUT2D eigenvalue weighted by Crippen LogP contribution is -2.09. The normalized spacial score (nSPS) is 11.4. The lowest BCUT2D eigenvalue weighted by Gasteiger charge is -2.03. The minimum absolute atomic E-state index is 0.101. The van der Waals surface area contributed by atoms with Crippen LogP contribution in [-0.4, -0.2) is 27.0 Å². The molecule has 0 amide bonds. The van der Waals surface area contributed by atoms with E-state index in [9.17, 15) is 18.0 Å². The van der Waals surface area contributed by atoms with Crippen LogP contribution in [0.4, 0.5) is 18.3 Å². The van der Waals surface area contributed by atoms with E-state index in [-0.39, 0.29) is 10.7 Å². The first-order valence-electron chi connectivity index (χ1n) is 5.83. The Balaban J connectivity index is 1.86. The summed E-state index contributed by atoms with van der Waals surface area (Å²) < 4.78 is 40.1. The molecule has 0 aliphatic rings. The second kappa shape index (κ2) is 6.08. The zero-order valence-corrected chi connectivity index (χ0v) is 11.3. The summed E-state index contributed by atoms with van der Waals surface area (Å²) in [4.78, 5) is 14.0. The fraction of sp³-hybridized carbons (Fsp3) is 0.250. The molecule has 0 bridgehead atoms. The van der Waals surface area contributed by atoms with Crippen LogP contribution in [0.1, 0.15) is 21.7 Å². The number of carboxylic acids is 1. The number of benzene rings is 1. The van der Waals surface area contributed by atoms with E-state index in [4.69, 9.17) is 5.11 Å². The first-order valence-corrected chi connectivity index (χ1v) is 6.60. The highest BCUT2D eigenvalue weighted by atomic mass is 32.1. The largest absolute Gasteiger partial charge is 0.478 e. The molecule has 2 rings (SSSR count). The Morgan fingerprint density at radius 3 is 2.48 bits per heavy atom. The van der Waals surface area contributed by atoms with Gasteiger partial charge in [-0.05, 0) is 24.1 Å². The summed E-state index contributed by atoms with van der Waals surface area (Å²) in [5.74, 6) is -2.16. The molecular formula is C12H10F3N3O2S. The number of rotatable bonds is 5. The van der Waals surface area contributed by atoms with Crippen molar-refractivity contribution in [3.63, 3.8) is 0 Å². The molecule has 2 aromatic rings. The lowest BCUT2D eigenvalue weighted by molar-refractivity contribution is -0.144. The second-order valence-electron chi connectivity index (χ2n) is 4.10. The van der Waals surface area contributed by atoms with Gasteiger partial charge in [-0.3, -0.25) is 0 Å². The molecule has 0 fully saturated rings. The molecule has 0 saturated heterocycles. The average molecular weight is 317 g/mol. The van der Waals surface area contributed by atoms with Gasteiger partial charge < -0.3 is 10.4 Å². The van der Waals surface area contributed by atoms with Gasteiger partial charge in [-0.2, -0.15) is 22.5 Å². The van der Waals surface area contributed by atoms with Crippen LogP contribution in [0.25, 0.3) is 0 Å². The molecule has 1 aromatic heterocycles. The van der Waals surface area contributed by atoms with Crippen LogP contribution in [0.2, 0.25) is 0 Å². The molecular weight excluding hydrogens is 307 g/mol. The predicted octanol–water partition coefficient (Wildman–Crippen LogP) is 2.91. The standard InChI is InChI=1S/C12H10F3N3O2S/c13-12(14,15)10-17-11(21-18-10)16-6-5-7-1-3-8(4-2-7)9(19)20/h1-4H,5-6H2,(H,19,20)(H,16,17,18). The predicted molar refractivity (Wildman–Crippen MR) is 70.5 cm³/mol. The van der Waals surface area contributed by atoms with Gasteiger partial charge in [0.15, 0.2) is 0 Å². The van der Waals surface area contributed by atoms with Gasteiger partial charge in [0.1, 0.15) is 0 Å². The number of halogens is 3. The van der Waals surface area contributed by atoms with Crippen molar-refractivity contribution in [1.82, 2.24) is 9.36 Å². The third kappa shape index (κ3) is 4.15. The molecule has 0 aliphatic heterocycles. The van der Waals surface area contributed by atoms with Crippen LogP contribution in [0, 0.1) is 0 Å². The van der Waals surface area contributed by atoms with Crippen LogP contribution in [0.5, 0.6) is 0 Å². The molecule has 0 radical (unpaired) electrons. The van der Waals surface area contributed by atoms with Gasteiger partial charge in [-0.25, -0.2) is 4.79 Å². The number of anilines is 1. The number of aromatic nitrogens is 2. The molecule has 0 spiro atoms. The van der Waals surface area contributed by atoms with Gasteiger partial charge in [0.2, 0.25) is 11.0 Å². The summed E-state index contributed by atoms with van der Waals surface area (Å²) in [6.45, 7) is 0.374. The van der Waals surface area contributed by atoms with Crippen molar-refractivity contribution in [2.24, 2.45) is 0 Å². The van der Waals surface area contributed by atoms with Crippen molar-refractivity contribution < 1.29 is 23.1 Å². The van der Waals surface area contributed by atoms with Gasteiger partial charge in [0.05, 0.1) is 5.56 Å². The molecule has 9 heteroatoms. The Labute approximate surface area is 121 Å². The van der Waals surface area contributed by atoms with Crippen LogP contribution in [-0.2, 0) is 12.6 Å². The van der Waals surface area contributed by atoms with Crippen molar-refractivity contribution >= 4 is 22.6 Å². The number of nitrogens with one attached hydrogen (secondary N) is 1. The number of hydrogen-bond acceptors (Lipinski definition) is 5. The Bertz CT molecular complexity index is 625. The van der Waals surface area contributed by atoms with Gasteiger partial charge in [0, 0.05) is 18.1 Å². The van der Waals surface area contributed by atoms with E-state index in [0.717, 1.165) is 5.56 Å². The lowest BCUT2D eigenvalue weighted by atomic mass is 10.1. The van der Waals surface area contributed by atoms with E-state index in [1.54, 1.807) is 12.1 Å². The Hall–Kier alpha value is -2.16. The fourth-order valence-electron chi connectivity index (χ4n) is 1.54. The number of alkyl halides is 3. The third-order valence-electron chi connectivity index (χ3n) is 2.57. The number of aromatic carboxylic acids is 1. The van der Waals surface area contributed by atoms with Gasteiger partial charge >= 0.3 is 12.1 Å². The van der Waals surface area contributed by atoms with Crippen LogP contribution < -0.4 is 5.32 Å². The monoisotopic (exact) mass is 317 g/mol. The maximum Gasteiger partial charge on any atom is 0.452 e. The fourth-order valence-corrected chi connectivity index (χ4v) is 2.15. The summed E-state index contributed by atoms with van der Waals surface area (Å²) in [5.41, 5.74) is 1.05. The third-order valence-corrected chi connectivity index (χ3v) is 3.24. The smallest absolute Gasteiger partial charge is 0.452 e. The quantitative estimate of drug-likeness (QED) is 0.887. The van der Waals surface area contributed by atoms with Crippen LogP contribution in [0.3, 0.4) is 0 Å². The molecule has 0 saturated carbocycles. The Morgan fingerprint density at radius 1 is 1.29 bits per heavy atom. The Morgan fingerprint density at radius 2 is 1.95 bits per heavy atom. The summed E-state index contributed by atoms with van der Waals surface area (Å²) in [5, 5.41) is 11.6. The van der Waals surface area contributed by atoms with Crippen LogP contribution >= 0.6 is 11.5 Å². The van der Waals surface area contributed by atoms with Gasteiger partial charge in [-0.1, -0.05) is 12.1 Å². The molecule has 1 heterocycles. The minimum atomic E-state index is -4.54. The second-order valence-corrected chi connectivity index (χ2v) is 4.85. The van der Waals surface area contributed by atoms with E-state index in [1.165, 1.54) is 12.1 Å². The average Bonchev–Trinajstić information content (AvgIpc) is 2.88. The number of carbonyl (C=O) groups is 1. The van der Waals surface area contributed by atoms with Crippen molar-refractivity contribution in [2.75, 3.05) is 11.9 Å². The van der Waals surface area contributed by atoms with Crippen LogP contribution in [0.15, 0.2) is 24.3 Å². The van der Waals surface area contributed by atoms with Gasteiger partial charge in [0.25, 0.3) is 0 Å². The minimum Gasteiger partial charge on any atom is -0.478 e. The molecule has 1 aromatic carbocycles. The van der Waals surface area contributed by atoms with E-state index in [0.29, 0.717) is 24.5 Å². The summed E-state index contributed by atoms with van der Waals surface area (Å²) in [6, 6.07) is 6.27. The molecule has 2 N–H and O–H groups in total. The highest BCUT2D eigenvalue weighted by molar-refractivity contribution is 7.09. The first kappa shape index (κ1) is 15.2. The van der Waals surface area contributed by atoms with E-state index in [1.807, 2.05) is 0 Å². The summed E-state index contributed by atoms with van der Waals surface area (Å²) in [7, 11) is 0. The molecule has 21 heavy (non-hydrogen) atoms. The zero-order valence-electron chi connectivity index (χ0n) is 10.5. The van der Waals surface area contributed by atoms with Crippen molar-refractivity contribution in [2.45, 2.75) is 12.6 Å². The summed E-state index contributed by atoms with van der Waals surface area (Å²) >= 11 is 0.648. The zero-order chi connectivity index (χ0) is 15.5.